The van der Waals surface area contributed by atoms with Crippen LogP contribution in [0.25, 0.3) is 0 Å². The van der Waals surface area contributed by atoms with Crippen LogP contribution >= 0.6 is 0 Å². The standard InChI is InChI=1S/C16H30N2O2Si/c1-12(2)15-14(17)13(8-9-18-15)19-10-11-20-21(6,7)16(3,4)5/h8-9,12H,10-11,17H2,1-7H3. The van der Waals surface area contributed by atoms with Crippen molar-refractivity contribution in [1.29, 1.82) is 0 Å². The smallest absolute Gasteiger partial charge is 0.192 e. The fourth-order valence-electron chi connectivity index (χ4n) is 1.72. The summed E-state index contributed by atoms with van der Waals surface area (Å²) in [6.45, 7) is 16.4. The number of nitrogens with two attached hydrogens (primary N) is 1. The lowest BCUT2D eigenvalue weighted by Crippen LogP contribution is -2.41. The zero-order valence-corrected chi connectivity index (χ0v) is 15.5. The van der Waals surface area contributed by atoms with E-state index in [-0.39, 0.29) is 11.0 Å². The van der Waals surface area contributed by atoms with Crippen LogP contribution in [0.4, 0.5) is 5.69 Å². The summed E-state index contributed by atoms with van der Waals surface area (Å²) in [7, 11) is -1.71. The van der Waals surface area contributed by atoms with Gasteiger partial charge in [-0.3, -0.25) is 4.98 Å². The molecule has 1 heterocycles. The quantitative estimate of drug-likeness (QED) is 0.632. The molecule has 0 aliphatic heterocycles. The Morgan fingerprint density at radius 1 is 1.24 bits per heavy atom. The monoisotopic (exact) mass is 310 g/mol. The zero-order valence-electron chi connectivity index (χ0n) is 14.5. The largest absolute Gasteiger partial charge is 0.489 e. The third kappa shape index (κ3) is 4.71. The minimum Gasteiger partial charge on any atom is -0.489 e. The molecule has 1 rings (SSSR count). The van der Waals surface area contributed by atoms with E-state index in [1.165, 1.54) is 0 Å². The van der Waals surface area contributed by atoms with E-state index in [2.05, 4.69) is 52.7 Å². The maximum atomic E-state index is 6.10. The highest BCUT2D eigenvalue weighted by atomic mass is 28.4. The van der Waals surface area contributed by atoms with Crippen LogP contribution in [0, 0.1) is 0 Å². The van der Waals surface area contributed by atoms with Gasteiger partial charge in [0.25, 0.3) is 0 Å². The van der Waals surface area contributed by atoms with E-state index in [9.17, 15) is 0 Å². The minimum atomic E-state index is -1.71. The van der Waals surface area contributed by atoms with Crippen molar-refractivity contribution in [1.82, 2.24) is 4.98 Å². The molecule has 4 nitrogen and oxygen atoms in total. The van der Waals surface area contributed by atoms with Crippen LogP contribution in [0.5, 0.6) is 5.75 Å². The molecule has 0 fully saturated rings. The van der Waals surface area contributed by atoms with Crippen molar-refractivity contribution in [2.24, 2.45) is 0 Å². The summed E-state index contributed by atoms with van der Waals surface area (Å²) in [4.78, 5) is 4.31. The van der Waals surface area contributed by atoms with E-state index in [0.717, 1.165) is 5.69 Å². The second-order valence-corrected chi connectivity index (χ2v) is 12.0. The Morgan fingerprint density at radius 3 is 2.38 bits per heavy atom. The van der Waals surface area contributed by atoms with Crippen LogP contribution in [-0.4, -0.2) is 26.5 Å². The Hall–Kier alpha value is -1.07. The van der Waals surface area contributed by atoms with Gasteiger partial charge >= 0.3 is 0 Å². The minimum absolute atomic E-state index is 0.216. The molecule has 0 aliphatic rings. The molecule has 0 bridgehead atoms. The lowest BCUT2D eigenvalue weighted by Gasteiger charge is -2.36. The van der Waals surface area contributed by atoms with E-state index in [1.54, 1.807) is 6.20 Å². The molecular formula is C16H30N2O2Si. The Bertz CT molecular complexity index is 468. The van der Waals surface area contributed by atoms with Gasteiger partial charge in [-0.25, -0.2) is 0 Å². The first-order valence-electron chi connectivity index (χ1n) is 7.57. The van der Waals surface area contributed by atoms with E-state index >= 15 is 0 Å². The van der Waals surface area contributed by atoms with Crippen molar-refractivity contribution < 1.29 is 9.16 Å². The van der Waals surface area contributed by atoms with E-state index in [4.69, 9.17) is 14.9 Å². The van der Waals surface area contributed by atoms with Crippen LogP contribution < -0.4 is 10.5 Å². The average molecular weight is 311 g/mol. The van der Waals surface area contributed by atoms with Crippen molar-refractivity contribution in [3.63, 3.8) is 0 Å². The van der Waals surface area contributed by atoms with Gasteiger partial charge in [0.05, 0.1) is 18.0 Å². The third-order valence-electron chi connectivity index (χ3n) is 4.14. The van der Waals surface area contributed by atoms with Crippen molar-refractivity contribution in [2.75, 3.05) is 18.9 Å². The average Bonchev–Trinajstić information content (AvgIpc) is 2.34. The topological polar surface area (TPSA) is 57.4 Å². The molecule has 5 heteroatoms. The second kappa shape index (κ2) is 6.79. The maximum Gasteiger partial charge on any atom is 0.192 e. The fourth-order valence-corrected chi connectivity index (χ4v) is 2.75. The number of nitrogens with zero attached hydrogens (tertiary/aromatic N) is 1. The van der Waals surface area contributed by atoms with Gasteiger partial charge in [-0.2, -0.15) is 0 Å². The molecule has 21 heavy (non-hydrogen) atoms. The number of hydrogen-bond donors (Lipinski definition) is 1. The molecule has 0 atom stereocenters. The van der Waals surface area contributed by atoms with Gasteiger partial charge in [-0.15, -0.1) is 0 Å². The molecule has 1 aromatic rings. The Kier molecular flexibility index (Phi) is 5.81. The molecule has 0 unspecified atom stereocenters. The molecule has 0 radical (unpaired) electrons. The number of nitrogen functional groups attached to an aromatic ring is 1. The van der Waals surface area contributed by atoms with Gasteiger partial charge in [0.2, 0.25) is 0 Å². The van der Waals surface area contributed by atoms with Crippen LogP contribution in [0.1, 0.15) is 46.2 Å². The molecular weight excluding hydrogens is 280 g/mol. The van der Waals surface area contributed by atoms with Crippen molar-refractivity contribution in [3.8, 4) is 5.75 Å². The van der Waals surface area contributed by atoms with Crippen LogP contribution in [0.2, 0.25) is 18.1 Å². The van der Waals surface area contributed by atoms with Gasteiger partial charge in [0.15, 0.2) is 8.32 Å². The number of rotatable bonds is 6. The maximum absolute atomic E-state index is 6.10. The molecule has 0 amide bonds. The first kappa shape index (κ1) is 18.0. The zero-order chi connectivity index (χ0) is 16.3. The van der Waals surface area contributed by atoms with Crippen LogP contribution in [0.3, 0.4) is 0 Å². The summed E-state index contributed by atoms with van der Waals surface area (Å²) in [5.41, 5.74) is 7.63. The Morgan fingerprint density at radius 2 is 1.86 bits per heavy atom. The van der Waals surface area contributed by atoms with Crippen LogP contribution in [0.15, 0.2) is 12.3 Å². The summed E-state index contributed by atoms with van der Waals surface area (Å²) < 4.78 is 11.9. The number of hydrogen-bond acceptors (Lipinski definition) is 4. The van der Waals surface area contributed by atoms with E-state index in [0.29, 0.717) is 24.7 Å². The summed E-state index contributed by atoms with van der Waals surface area (Å²) in [5.74, 6) is 0.990. The molecule has 0 spiro atoms. The molecule has 1 aromatic heterocycles. The highest BCUT2D eigenvalue weighted by Gasteiger charge is 2.36. The highest BCUT2D eigenvalue weighted by molar-refractivity contribution is 6.74. The number of pyridine rings is 1. The summed E-state index contributed by atoms with van der Waals surface area (Å²) in [6, 6.07) is 1.81. The number of ether oxygens (including phenoxy) is 1. The predicted octanol–water partition coefficient (Wildman–Crippen LogP) is 4.19. The van der Waals surface area contributed by atoms with Crippen molar-refractivity contribution >= 4 is 14.0 Å². The van der Waals surface area contributed by atoms with Gasteiger partial charge in [-0.05, 0) is 24.1 Å². The van der Waals surface area contributed by atoms with Crippen LogP contribution in [-0.2, 0) is 4.43 Å². The molecule has 0 aromatic carbocycles. The molecule has 0 saturated heterocycles. The second-order valence-electron chi connectivity index (χ2n) is 7.22. The summed E-state index contributed by atoms with van der Waals surface area (Å²) in [5, 5.41) is 0.216. The van der Waals surface area contributed by atoms with Gasteiger partial charge < -0.3 is 14.9 Å². The normalized spacial score (nSPS) is 12.8. The number of aromatic nitrogens is 1. The first-order chi connectivity index (χ1) is 9.56. The SMILES string of the molecule is CC(C)c1nccc(OCCO[Si](C)(C)C(C)(C)C)c1N. The third-order valence-corrected chi connectivity index (χ3v) is 8.68. The van der Waals surface area contributed by atoms with Crippen molar-refractivity contribution in [2.45, 2.75) is 58.7 Å². The predicted molar refractivity (Wildman–Crippen MR) is 91.4 cm³/mol. The molecule has 0 aliphatic carbocycles. The molecule has 0 saturated carbocycles. The molecule has 2 N–H and O–H groups in total. The molecule has 120 valence electrons. The van der Waals surface area contributed by atoms with Gasteiger partial charge in [-0.1, -0.05) is 34.6 Å². The lowest BCUT2D eigenvalue weighted by atomic mass is 10.1. The lowest BCUT2D eigenvalue weighted by molar-refractivity contribution is 0.204. The first-order valence-corrected chi connectivity index (χ1v) is 10.5. The summed E-state index contributed by atoms with van der Waals surface area (Å²) in [6.07, 6.45) is 1.75. The number of anilines is 1. The van der Waals surface area contributed by atoms with Gasteiger partial charge in [0.1, 0.15) is 12.4 Å². The van der Waals surface area contributed by atoms with E-state index < -0.39 is 8.32 Å². The Labute approximate surface area is 130 Å². The highest BCUT2D eigenvalue weighted by Crippen LogP contribution is 2.36. The van der Waals surface area contributed by atoms with Crippen molar-refractivity contribution in [3.05, 3.63) is 18.0 Å². The fraction of sp³-hybridized carbons (Fsp3) is 0.688. The van der Waals surface area contributed by atoms with E-state index in [1.807, 2.05) is 6.07 Å². The van der Waals surface area contributed by atoms with Gasteiger partial charge in [0, 0.05) is 12.3 Å². The summed E-state index contributed by atoms with van der Waals surface area (Å²) >= 11 is 0. The Balaban J connectivity index is 2.56.